The Hall–Kier alpha value is -2.87. The molecule has 0 radical (unpaired) electrons. The largest absolute Gasteiger partial charge is 0.481 e. The van der Waals surface area contributed by atoms with Crippen LogP contribution in [0, 0.1) is 11.3 Å². The van der Waals surface area contributed by atoms with E-state index >= 15 is 0 Å². The molecule has 2 heterocycles. The first kappa shape index (κ1) is 30.1. The quantitative estimate of drug-likeness (QED) is 0.273. The molecule has 2 fully saturated rings. The van der Waals surface area contributed by atoms with Crippen molar-refractivity contribution in [2.75, 3.05) is 0 Å². The maximum atomic E-state index is 14.2. The van der Waals surface area contributed by atoms with Gasteiger partial charge in [-0.15, -0.1) is 0 Å². The van der Waals surface area contributed by atoms with Gasteiger partial charge in [-0.25, -0.2) is 0 Å². The fourth-order valence-corrected chi connectivity index (χ4v) is 5.78. The molecule has 218 valence electrons. The molecule has 2 aliphatic carbocycles. The summed E-state index contributed by atoms with van der Waals surface area (Å²) in [5, 5.41) is 14.4. The number of alkyl halides is 6. The van der Waals surface area contributed by atoms with Crippen LogP contribution in [0.3, 0.4) is 0 Å². The molecule has 0 spiro atoms. The number of nitrogens with one attached hydrogen (secondary N) is 1. The van der Waals surface area contributed by atoms with Crippen molar-refractivity contribution in [3.63, 3.8) is 0 Å². The van der Waals surface area contributed by atoms with E-state index in [2.05, 4.69) is 10.1 Å². The van der Waals surface area contributed by atoms with Gasteiger partial charge in [0, 0.05) is 18.8 Å². The van der Waals surface area contributed by atoms with Crippen molar-refractivity contribution >= 4 is 40.9 Å². The Balaban J connectivity index is 1.65. The number of hydrogen-bond donors (Lipinski definition) is 2. The second-order valence-corrected chi connectivity index (χ2v) is 10.8. The molecule has 40 heavy (non-hydrogen) atoms. The summed E-state index contributed by atoms with van der Waals surface area (Å²) < 4.78 is 85.2. The minimum atomic E-state index is -5.11. The zero-order chi connectivity index (χ0) is 29.6. The number of rotatable bonds is 8. The van der Waals surface area contributed by atoms with Crippen molar-refractivity contribution in [1.82, 2.24) is 20.1 Å². The van der Waals surface area contributed by atoms with E-state index in [0.717, 1.165) is 12.4 Å². The summed E-state index contributed by atoms with van der Waals surface area (Å²) in [7, 11) is 0. The van der Waals surface area contributed by atoms with Crippen LogP contribution in [0.25, 0.3) is 0 Å². The number of carboxylic acid groups (broad SMARTS) is 1. The molecule has 0 saturated heterocycles. The highest BCUT2D eigenvalue weighted by atomic mass is 35.5. The summed E-state index contributed by atoms with van der Waals surface area (Å²) in [5.74, 6) is -4.23. The number of amides is 1. The number of aromatic nitrogens is 3. The monoisotopic (exact) mass is 614 g/mol. The summed E-state index contributed by atoms with van der Waals surface area (Å²) in [4.78, 5) is 41.0. The molecule has 2 N–H and O–H groups in total. The number of halogens is 8. The molecule has 0 bridgehead atoms. The lowest BCUT2D eigenvalue weighted by molar-refractivity contribution is -0.194. The van der Waals surface area contributed by atoms with E-state index in [9.17, 15) is 40.7 Å². The number of ketones is 1. The van der Waals surface area contributed by atoms with Crippen molar-refractivity contribution in [1.29, 1.82) is 0 Å². The van der Waals surface area contributed by atoms with Gasteiger partial charge in [-0.05, 0) is 38.5 Å². The maximum Gasteiger partial charge on any atom is 0.433 e. The van der Waals surface area contributed by atoms with Crippen molar-refractivity contribution in [2.45, 2.75) is 69.4 Å². The van der Waals surface area contributed by atoms with E-state index < -0.39 is 83.9 Å². The fourth-order valence-electron chi connectivity index (χ4n) is 5.21. The topological polar surface area (TPSA) is 114 Å². The molecule has 2 saturated carbocycles. The number of carboxylic acids is 1. The summed E-state index contributed by atoms with van der Waals surface area (Å²) in [6.07, 6.45) is -8.83. The number of Topliss-reactive ketones (excluding diaryl/α,β-unsaturated/α-hetero) is 1. The van der Waals surface area contributed by atoms with Crippen LogP contribution in [0.15, 0.2) is 18.6 Å². The zero-order valence-electron chi connectivity index (χ0n) is 20.5. The summed E-state index contributed by atoms with van der Waals surface area (Å²) >= 11 is 11.9. The Bertz CT molecular complexity index is 1300. The normalized spacial score (nSPS) is 21.5. The first-order valence-electron chi connectivity index (χ1n) is 12.1. The molecule has 0 aliphatic heterocycles. The van der Waals surface area contributed by atoms with Crippen LogP contribution in [-0.2, 0) is 11.0 Å². The van der Waals surface area contributed by atoms with Crippen molar-refractivity contribution < 1.29 is 45.8 Å². The first-order valence-corrected chi connectivity index (χ1v) is 12.9. The summed E-state index contributed by atoms with van der Waals surface area (Å²) in [6.45, 7) is 0. The number of carbonyl (C=O) groups is 3. The Morgan fingerprint density at radius 2 is 1.60 bits per heavy atom. The molecular weight excluding hydrogens is 593 g/mol. The molecule has 1 unspecified atom stereocenters. The van der Waals surface area contributed by atoms with Gasteiger partial charge in [-0.3, -0.25) is 24.0 Å². The number of nitrogens with zero attached hydrogens (tertiary/aromatic N) is 3. The van der Waals surface area contributed by atoms with Gasteiger partial charge in [0.25, 0.3) is 5.91 Å². The number of aliphatic carboxylic acids is 1. The Labute approximate surface area is 233 Å². The molecule has 1 amide bonds. The summed E-state index contributed by atoms with van der Waals surface area (Å²) in [6, 6.07) is -2.80. The molecule has 2 aromatic heterocycles. The SMILES string of the molecule is O=C(NC(CC(=O)c1c(Cl)cncc1Cl)C1(C(F)(F)F)CC1)c1cnn(C2CCC(C(=O)O)CC2)c1C(F)(F)F. The molecule has 0 aromatic carbocycles. The van der Waals surface area contributed by atoms with Crippen LogP contribution in [0.4, 0.5) is 26.3 Å². The molecular formula is C24H22Cl2F6N4O4. The van der Waals surface area contributed by atoms with Crippen LogP contribution in [-0.4, -0.2) is 49.7 Å². The van der Waals surface area contributed by atoms with Gasteiger partial charge in [0.1, 0.15) is 0 Å². The number of carbonyl (C=O) groups excluding carboxylic acids is 2. The average Bonchev–Trinajstić information content (AvgIpc) is 3.55. The van der Waals surface area contributed by atoms with Gasteiger partial charge in [-0.1, -0.05) is 23.2 Å². The summed E-state index contributed by atoms with van der Waals surface area (Å²) in [5.41, 5.74) is -5.33. The van der Waals surface area contributed by atoms with Gasteiger partial charge in [0.2, 0.25) is 0 Å². The lowest BCUT2D eigenvalue weighted by atomic mass is 9.86. The van der Waals surface area contributed by atoms with E-state index in [1.165, 1.54) is 0 Å². The van der Waals surface area contributed by atoms with Crippen molar-refractivity contribution in [3.8, 4) is 0 Å². The third-order valence-electron chi connectivity index (χ3n) is 7.55. The highest BCUT2D eigenvalue weighted by Crippen LogP contribution is 2.60. The van der Waals surface area contributed by atoms with E-state index in [1.54, 1.807) is 0 Å². The molecule has 8 nitrogen and oxygen atoms in total. The molecule has 2 aliphatic rings. The fraction of sp³-hybridized carbons (Fsp3) is 0.542. The van der Waals surface area contributed by atoms with E-state index in [-0.39, 0.29) is 41.3 Å². The first-order chi connectivity index (χ1) is 18.6. The van der Waals surface area contributed by atoms with Gasteiger partial charge >= 0.3 is 18.3 Å². The van der Waals surface area contributed by atoms with E-state index in [0.29, 0.717) is 10.9 Å². The molecule has 4 rings (SSSR count). The minimum absolute atomic E-state index is 0.0462. The van der Waals surface area contributed by atoms with Crippen molar-refractivity contribution in [2.24, 2.45) is 11.3 Å². The van der Waals surface area contributed by atoms with Gasteiger partial charge in [-0.2, -0.15) is 31.4 Å². The van der Waals surface area contributed by atoms with Gasteiger partial charge in [0.15, 0.2) is 11.5 Å². The Morgan fingerprint density at radius 1 is 1.02 bits per heavy atom. The third kappa shape index (κ3) is 5.78. The van der Waals surface area contributed by atoms with Crippen LogP contribution in [0.5, 0.6) is 0 Å². The number of hydrogen-bond acceptors (Lipinski definition) is 5. The van der Waals surface area contributed by atoms with Gasteiger partial charge < -0.3 is 10.4 Å². The maximum absolute atomic E-state index is 14.2. The van der Waals surface area contributed by atoms with E-state index in [1.807, 2.05) is 5.32 Å². The number of pyridine rings is 1. The van der Waals surface area contributed by atoms with Crippen LogP contribution >= 0.6 is 23.2 Å². The predicted molar refractivity (Wildman–Crippen MR) is 128 cm³/mol. The standard InChI is InChI=1S/C24H22Cl2F6N4O4/c25-14-9-33-10-15(26)18(14)16(37)7-17(22(5-6-22)24(30,31)32)35-20(38)13-8-34-36(19(13)23(27,28)29)12-3-1-11(2-4-12)21(39)40/h8-12,17H,1-7H2,(H,35,38)(H,39,40). The lowest BCUT2D eigenvalue weighted by Crippen LogP contribution is -2.49. The smallest absolute Gasteiger partial charge is 0.433 e. The minimum Gasteiger partial charge on any atom is -0.481 e. The van der Waals surface area contributed by atoms with Crippen LogP contribution < -0.4 is 5.32 Å². The average molecular weight is 615 g/mol. The Morgan fingerprint density at radius 3 is 2.08 bits per heavy atom. The van der Waals surface area contributed by atoms with Crippen LogP contribution in [0.2, 0.25) is 10.0 Å². The highest BCUT2D eigenvalue weighted by Gasteiger charge is 2.67. The zero-order valence-corrected chi connectivity index (χ0v) is 22.0. The third-order valence-corrected chi connectivity index (χ3v) is 8.12. The highest BCUT2D eigenvalue weighted by molar-refractivity contribution is 6.39. The Kier molecular flexibility index (Phi) is 8.16. The van der Waals surface area contributed by atoms with Crippen molar-refractivity contribution in [3.05, 3.63) is 45.5 Å². The predicted octanol–water partition coefficient (Wildman–Crippen LogP) is 6.13. The molecule has 16 heteroatoms. The van der Waals surface area contributed by atoms with Gasteiger partial charge in [0.05, 0.1) is 50.8 Å². The van der Waals surface area contributed by atoms with Crippen LogP contribution in [0.1, 0.15) is 77.4 Å². The molecule has 2 aromatic rings. The second-order valence-electron chi connectivity index (χ2n) is 9.98. The second kappa shape index (κ2) is 10.8. The molecule has 1 atom stereocenters. The lowest BCUT2D eigenvalue weighted by Gasteiger charge is -2.30. The van der Waals surface area contributed by atoms with E-state index in [4.69, 9.17) is 28.3 Å².